The number of hydrogen-bond donors (Lipinski definition) is 3. The molecule has 0 aliphatic heterocycles. The van der Waals surface area contributed by atoms with Crippen LogP contribution in [0.25, 0.3) is 0 Å². The van der Waals surface area contributed by atoms with E-state index in [9.17, 15) is 4.39 Å². The van der Waals surface area contributed by atoms with Crippen molar-refractivity contribution in [3.63, 3.8) is 0 Å². The van der Waals surface area contributed by atoms with E-state index >= 15 is 0 Å². The molecule has 1 heterocycles. The van der Waals surface area contributed by atoms with Crippen molar-refractivity contribution in [3.05, 3.63) is 52.0 Å². The van der Waals surface area contributed by atoms with Crippen molar-refractivity contribution in [3.8, 4) is 0 Å². The third kappa shape index (κ3) is 4.30. The third-order valence-electron chi connectivity index (χ3n) is 4.08. The lowest BCUT2D eigenvalue weighted by Crippen LogP contribution is -2.24. The van der Waals surface area contributed by atoms with Crippen LogP contribution in [0.3, 0.4) is 0 Å². The minimum absolute atomic E-state index is 0.0201. The Hall–Kier alpha value is -1.99. The van der Waals surface area contributed by atoms with E-state index < -0.39 is 0 Å². The summed E-state index contributed by atoms with van der Waals surface area (Å²) in [7, 11) is 5.58. The van der Waals surface area contributed by atoms with Gasteiger partial charge in [0.15, 0.2) is 4.77 Å². The molecule has 0 fully saturated rings. The summed E-state index contributed by atoms with van der Waals surface area (Å²) < 4.78 is 17.3. The first kappa shape index (κ1) is 18.4. The van der Waals surface area contributed by atoms with Crippen LogP contribution in [0.15, 0.2) is 30.3 Å². The van der Waals surface area contributed by atoms with Gasteiger partial charge in [0.2, 0.25) is 0 Å². The Bertz CT molecular complexity index is 794. The van der Waals surface area contributed by atoms with Gasteiger partial charge in [-0.1, -0.05) is 12.1 Å². The van der Waals surface area contributed by atoms with Crippen molar-refractivity contribution in [1.29, 1.82) is 5.41 Å². The average Bonchev–Trinajstić information content (AvgIpc) is 2.57. The van der Waals surface area contributed by atoms with Crippen molar-refractivity contribution < 1.29 is 4.39 Å². The van der Waals surface area contributed by atoms with E-state index in [1.807, 2.05) is 18.7 Å². The summed E-state index contributed by atoms with van der Waals surface area (Å²) in [5.74, 6) is 0.535. The van der Waals surface area contributed by atoms with Crippen LogP contribution in [0.4, 0.5) is 10.2 Å². The maximum atomic E-state index is 13.2. The largest absolute Gasteiger partial charge is 0.364 e. The first-order valence-corrected chi connectivity index (χ1v) is 8.33. The van der Waals surface area contributed by atoms with Gasteiger partial charge in [0.05, 0.1) is 6.04 Å². The Morgan fingerprint density at radius 1 is 1.21 bits per heavy atom. The van der Waals surface area contributed by atoms with Gasteiger partial charge in [-0.25, -0.2) is 4.39 Å². The van der Waals surface area contributed by atoms with E-state index in [0.717, 1.165) is 30.8 Å². The number of anilines is 1. The molecule has 0 spiro atoms. The van der Waals surface area contributed by atoms with Gasteiger partial charge in [0, 0.05) is 20.2 Å². The van der Waals surface area contributed by atoms with Crippen molar-refractivity contribution in [1.82, 2.24) is 14.5 Å². The second kappa shape index (κ2) is 8.21. The minimum Gasteiger partial charge on any atom is -0.364 e. The van der Waals surface area contributed by atoms with Gasteiger partial charge < -0.3 is 19.8 Å². The highest BCUT2D eigenvalue weighted by molar-refractivity contribution is 7.71. The highest BCUT2D eigenvalue weighted by Crippen LogP contribution is 2.23. The van der Waals surface area contributed by atoms with Crippen molar-refractivity contribution in [2.75, 3.05) is 18.9 Å². The highest BCUT2D eigenvalue weighted by atomic mass is 32.1. The zero-order valence-corrected chi connectivity index (χ0v) is 15.1. The molecule has 0 saturated carbocycles. The van der Waals surface area contributed by atoms with Crippen molar-refractivity contribution in [2.45, 2.75) is 18.9 Å². The van der Waals surface area contributed by atoms with Gasteiger partial charge in [0.1, 0.15) is 17.1 Å². The predicted octanol–water partition coefficient (Wildman–Crippen LogP) is 2.86. The number of halogens is 1. The molecule has 1 atom stereocenters. The Labute approximate surface area is 146 Å². The smallest absolute Gasteiger partial charge is 0.182 e. The first-order valence-electron chi connectivity index (χ1n) is 7.92. The molecule has 0 aliphatic rings. The van der Waals surface area contributed by atoms with E-state index in [-0.39, 0.29) is 11.9 Å². The zero-order valence-electron chi connectivity index (χ0n) is 14.3. The van der Waals surface area contributed by atoms with Gasteiger partial charge in [-0.3, -0.25) is 5.41 Å². The normalized spacial score (nSPS) is 12.2. The second-order valence-electron chi connectivity index (χ2n) is 5.81. The molecule has 2 rings (SSSR count). The van der Waals surface area contributed by atoms with Crippen LogP contribution >= 0.6 is 12.2 Å². The molecular formula is C17H24FN5S. The molecule has 1 unspecified atom stereocenters. The third-order valence-corrected chi connectivity index (χ3v) is 4.63. The van der Waals surface area contributed by atoms with E-state index in [1.165, 1.54) is 12.1 Å². The molecule has 3 N–H and O–H groups in total. The Kier molecular flexibility index (Phi) is 6.28. The second-order valence-corrected chi connectivity index (χ2v) is 6.17. The predicted molar refractivity (Wildman–Crippen MR) is 97.0 cm³/mol. The zero-order chi connectivity index (χ0) is 17.7. The van der Waals surface area contributed by atoms with E-state index in [2.05, 4.69) is 10.6 Å². The lowest BCUT2D eigenvalue weighted by molar-refractivity contribution is 0.601. The van der Waals surface area contributed by atoms with Crippen molar-refractivity contribution >= 4 is 18.0 Å². The molecule has 7 heteroatoms. The highest BCUT2D eigenvalue weighted by Gasteiger charge is 2.13. The van der Waals surface area contributed by atoms with Crippen LogP contribution in [0.5, 0.6) is 0 Å². The molecule has 130 valence electrons. The van der Waals surface area contributed by atoms with E-state index in [4.69, 9.17) is 17.6 Å². The van der Waals surface area contributed by atoms with Crippen LogP contribution < -0.4 is 16.1 Å². The SMILES string of the molecule is CNCCCC(Nc1cc(=N)n(C)c(=S)n1C)c1ccc(F)cc1. The Balaban J connectivity index is 2.33. The number of rotatable bonds is 7. The molecule has 0 aliphatic carbocycles. The number of hydrogen-bond acceptors (Lipinski definition) is 4. The standard InChI is InChI=1S/C17H24FN5S/c1-20-10-4-5-14(12-6-8-13(18)9-7-12)21-16-11-15(19)22(2)17(24)23(16)3/h6-9,11,14,19-21H,4-5,10H2,1-3H3. The molecule has 1 aromatic heterocycles. The summed E-state index contributed by atoms with van der Waals surface area (Å²) >= 11 is 5.37. The molecule has 2 aromatic rings. The molecule has 0 saturated heterocycles. The maximum absolute atomic E-state index is 13.2. The number of benzene rings is 1. The summed E-state index contributed by atoms with van der Waals surface area (Å²) in [6, 6.07) is 8.32. The van der Waals surface area contributed by atoms with E-state index in [1.54, 1.807) is 29.8 Å². The van der Waals surface area contributed by atoms with Gasteiger partial charge in [-0.05, 0) is 56.3 Å². The topological polar surface area (TPSA) is 57.8 Å². The Morgan fingerprint density at radius 2 is 1.88 bits per heavy atom. The summed E-state index contributed by atoms with van der Waals surface area (Å²) in [6.07, 6.45) is 1.86. The van der Waals surface area contributed by atoms with Gasteiger partial charge in [-0.2, -0.15) is 0 Å². The summed E-state index contributed by atoms with van der Waals surface area (Å²) in [5.41, 5.74) is 1.35. The van der Waals surface area contributed by atoms with Crippen LogP contribution in [-0.2, 0) is 14.1 Å². The lowest BCUT2D eigenvalue weighted by Gasteiger charge is -2.23. The average molecular weight is 349 g/mol. The van der Waals surface area contributed by atoms with Gasteiger partial charge in [-0.15, -0.1) is 0 Å². The maximum Gasteiger partial charge on any atom is 0.182 e. The van der Waals surface area contributed by atoms with Crippen LogP contribution in [-0.4, -0.2) is 22.7 Å². The quantitative estimate of drug-likeness (QED) is 0.532. The summed E-state index contributed by atoms with van der Waals surface area (Å²) in [6.45, 7) is 0.908. The Morgan fingerprint density at radius 3 is 2.50 bits per heavy atom. The molecule has 0 radical (unpaired) electrons. The first-order chi connectivity index (χ1) is 11.4. The molecule has 0 amide bonds. The fourth-order valence-electron chi connectivity index (χ4n) is 2.57. The summed E-state index contributed by atoms with van der Waals surface area (Å²) in [4.78, 5) is 0. The van der Waals surface area contributed by atoms with Crippen LogP contribution in [0.2, 0.25) is 0 Å². The molecular weight excluding hydrogens is 325 g/mol. The van der Waals surface area contributed by atoms with E-state index in [0.29, 0.717) is 10.3 Å². The molecule has 1 aromatic carbocycles. The molecule has 5 nitrogen and oxygen atoms in total. The summed E-state index contributed by atoms with van der Waals surface area (Å²) in [5, 5.41) is 14.6. The fourth-order valence-corrected chi connectivity index (χ4v) is 2.77. The fraction of sp³-hybridized carbons (Fsp3) is 0.412. The monoisotopic (exact) mass is 349 g/mol. The van der Waals surface area contributed by atoms with Crippen molar-refractivity contribution in [2.24, 2.45) is 14.1 Å². The number of aromatic nitrogens is 2. The molecule has 0 bridgehead atoms. The lowest BCUT2D eigenvalue weighted by atomic mass is 10.0. The molecule has 24 heavy (non-hydrogen) atoms. The van der Waals surface area contributed by atoms with Crippen LogP contribution in [0, 0.1) is 16.0 Å². The number of nitrogens with one attached hydrogen (secondary N) is 3. The van der Waals surface area contributed by atoms with Gasteiger partial charge in [0.25, 0.3) is 0 Å². The minimum atomic E-state index is -0.244. The van der Waals surface area contributed by atoms with Gasteiger partial charge >= 0.3 is 0 Å². The number of nitrogens with zero attached hydrogens (tertiary/aromatic N) is 2. The van der Waals surface area contributed by atoms with Crippen LogP contribution in [0.1, 0.15) is 24.4 Å².